The number of aliphatic carboxylic acids is 7. The second-order valence-electron chi connectivity index (χ2n) is 17.5. The Kier molecular flexibility index (Phi) is 29.0. The summed E-state index contributed by atoms with van der Waals surface area (Å²) in [6.45, 7) is 0.452. The lowest BCUT2D eigenvalue weighted by atomic mass is 9.99. The Balaban J connectivity index is 1.78. The van der Waals surface area contributed by atoms with E-state index in [0.29, 0.717) is 45.1 Å². The number of carbonyl (C=O) groups excluding carboxylic acids is 2. The zero-order chi connectivity index (χ0) is 52.0. The Morgan fingerprint density at radius 2 is 1.00 bits per heavy atom. The molecule has 1 aliphatic rings. The molecule has 23 nitrogen and oxygen atoms in total. The number of amides is 3. The van der Waals surface area contributed by atoms with Crippen LogP contribution in [0.3, 0.4) is 0 Å². The Hall–Kier alpha value is -5.82. The molecule has 2 rings (SSSR count). The molecule has 3 amide bonds. The molecule has 10 N–H and O–H groups in total. The highest BCUT2D eigenvalue weighted by Gasteiger charge is 2.28. The predicted molar refractivity (Wildman–Crippen MR) is 257 cm³/mol. The van der Waals surface area contributed by atoms with Crippen LogP contribution in [0, 0.1) is 0 Å². The van der Waals surface area contributed by atoms with Crippen LogP contribution < -0.4 is 16.0 Å². The van der Waals surface area contributed by atoms with Crippen LogP contribution in [0.15, 0.2) is 24.3 Å². The van der Waals surface area contributed by atoms with Crippen molar-refractivity contribution in [2.24, 2.45) is 0 Å². The molecular formula is C46H71N7O16S. The molecule has 0 bridgehead atoms. The number of nitrogens with zero attached hydrogens (tertiary/aromatic N) is 4. The minimum absolute atomic E-state index is 0.0313. The zero-order valence-electron chi connectivity index (χ0n) is 39.6. The van der Waals surface area contributed by atoms with Crippen molar-refractivity contribution in [2.45, 2.75) is 114 Å². The molecule has 1 fully saturated rings. The lowest BCUT2D eigenvalue weighted by Gasteiger charge is -2.37. The summed E-state index contributed by atoms with van der Waals surface area (Å²) in [5, 5.41) is 73.1. The lowest BCUT2D eigenvalue weighted by Crippen LogP contribution is -2.53. The van der Waals surface area contributed by atoms with Gasteiger partial charge in [-0.2, -0.15) is 0 Å². The lowest BCUT2D eigenvalue weighted by molar-refractivity contribution is -0.142. The Morgan fingerprint density at radius 3 is 1.53 bits per heavy atom. The summed E-state index contributed by atoms with van der Waals surface area (Å²) < 4.78 is 0. The first-order valence-electron chi connectivity index (χ1n) is 23.6. The van der Waals surface area contributed by atoms with E-state index in [9.17, 15) is 73.8 Å². The van der Waals surface area contributed by atoms with Crippen molar-refractivity contribution in [3.8, 4) is 0 Å². The summed E-state index contributed by atoms with van der Waals surface area (Å²) in [6, 6.07) is 3.50. The van der Waals surface area contributed by atoms with Crippen molar-refractivity contribution < 1.29 is 78.9 Å². The first-order chi connectivity index (χ1) is 33.2. The van der Waals surface area contributed by atoms with Crippen molar-refractivity contribution in [1.82, 2.24) is 35.6 Å². The van der Waals surface area contributed by atoms with E-state index in [1.165, 1.54) is 0 Å². The minimum atomic E-state index is -1.50. The van der Waals surface area contributed by atoms with Crippen molar-refractivity contribution in [3.63, 3.8) is 0 Å². The van der Waals surface area contributed by atoms with Crippen LogP contribution in [0.25, 0.3) is 0 Å². The molecule has 0 spiro atoms. The van der Waals surface area contributed by atoms with Crippen LogP contribution in [0.1, 0.15) is 94.6 Å². The third-order valence-electron chi connectivity index (χ3n) is 11.7. The molecular weight excluding hydrogens is 939 g/mol. The highest BCUT2D eigenvalue weighted by atomic mass is 32.1. The molecule has 1 heterocycles. The third kappa shape index (κ3) is 28.0. The van der Waals surface area contributed by atoms with Crippen LogP contribution in [0.5, 0.6) is 0 Å². The maximum absolute atomic E-state index is 12.3. The SMILES string of the molecule is O=C(O)CC[C@H](NC(=O)N[C@@H](CCCCNC(=O)CCCCCCCCC(=S)Cc1ccc(CC2CN(CC(=O)O)CCN(CC(=O)O)CCN(CC(=O)O)CCN2CC(=O)O)cc1)C(=O)O)C(=O)O. The van der Waals surface area contributed by atoms with Crippen LogP contribution in [-0.4, -0.2) is 211 Å². The highest BCUT2D eigenvalue weighted by Crippen LogP contribution is 2.17. The Bertz CT molecular complexity index is 1890. The summed E-state index contributed by atoms with van der Waals surface area (Å²) in [5.74, 6) is -8.43. The van der Waals surface area contributed by atoms with E-state index < -0.39 is 72.4 Å². The fourth-order valence-electron chi connectivity index (χ4n) is 7.98. The molecule has 0 aliphatic carbocycles. The molecule has 392 valence electrons. The zero-order valence-corrected chi connectivity index (χ0v) is 40.5. The van der Waals surface area contributed by atoms with Crippen molar-refractivity contribution >= 4 is 70.8 Å². The molecule has 1 saturated heterocycles. The summed E-state index contributed by atoms with van der Waals surface area (Å²) in [6.07, 6.45) is 7.47. The topological polar surface area (TPSA) is 344 Å². The van der Waals surface area contributed by atoms with E-state index in [2.05, 4.69) is 16.0 Å². The number of carboxylic acid groups (broad SMARTS) is 7. The van der Waals surface area contributed by atoms with Gasteiger partial charge in [0.1, 0.15) is 12.1 Å². The second kappa shape index (κ2) is 33.7. The molecule has 1 aliphatic heterocycles. The number of carboxylic acids is 7. The summed E-state index contributed by atoms with van der Waals surface area (Å²) in [5.41, 5.74) is 1.90. The highest BCUT2D eigenvalue weighted by molar-refractivity contribution is 7.80. The van der Waals surface area contributed by atoms with Gasteiger partial charge in [-0.1, -0.05) is 62.2 Å². The number of rotatable bonds is 33. The van der Waals surface area contributed by atoms with E-state index in [1.54, 1.807) is 19.6 Å². The fourth-order valence-corrected chi connectivity index (χ4v) is 8.29. The molecule has 0 saturated carbocycles. The molecule has 0 aromatic heterocycles. The van der Waals surface area contributed by atoms with Crippen LogP contribution in [0.2, 0.25) is 0 Å². The van der Waals surface area contributed by atoms with Crippen LogP contribution in [0.4, 0.5) is 4.79 Å². The number of thiocarbonyl (C=S) groups is 1. The normalized spacial score (nSPS) is 16.4. The second-order valence-corrected chi connectivity index (χ2v) is 18.1. The van der Waals surface area contributed by atoms with E-state index in [-0.39, 0.29) is 90.7 Å². The number of carbonyl (C=O) groups is 9. The van der Waals surface area contributed by atoms with Gasteiger partial charge < -0.3 is 51.7 Å². The first kappa shape index (κ1) is 60.3. The molecule has 1 aromatic carbocycles. The van der Waals surface area contributed by atoms with E-state index in [1.807, 2.05) is 24.3 Å². The van der Waals surface area contributed by atoms with Gasteiger partial charge in [-0.15, -0.1) is 0 Å². The average molecular weight is 1010 g/mol. The molecule has 24 heteroatoms. The molecule has 3 atom stereocenters. The van der Waals surface area contributed by atoms with Gasteiger partial charge >= 0.3 is 47.8 Å². The molecule has 70 heavy (non-hydrogen) atoms. The quantitative estimate of drug-likeness (QED) is 0.0353. The predicted octanol–water partition coefficient (Wildman–Crippen LogP) is 1.55. The van der Waals surface area contributed by atoms with Gasteiger partial charge in [0.2, 0.25) is 5.91 Å². The van der Waals surface area contributed by atoms with Crippen molar-refractivity contribution in [1.29, 1.82) is 0 Å². The van der Waals surface area contributed by atoms with Gasteiger partial charge in [-0.25, -0.2) is 14.4 Å². The van der Waals surface area contributed by atoms with Gasteiger partial charge in [0, 0.05) is 77.7 Å². The standard InChI is InChI=1S/C46H71N7O16S/c54-38(47-18-8-7-10-36(44(65)66)48-46(69)49-37(45(67)68)16-17-39(55)56)11-6-4-2-1-3-5-9-35(70)26-33-14-12-32(13-15-33)25-34-27-52(30-42(61)62)22-21-50(28-40(57)58)19-20-51(29-41(59)60)23-24-53(34)31-43(63)64/h12-15,34,36-37H,1-11,16-31H2,(H,47,54)(H,55,56)(H,57,58)(H,59,60)(H,61,62)(H,63,64)(H,65,66)(H,67,68)(H2,48,49,69)/t34?,36-,37-/m0/s1. The maximum atomic E-state index is 12.3. The molecule has 1 unspecified atom stereocenters. The summed E-state index contributed by atoms with van der Waals surface area (Å²) in [7, 11) is 0. The minimum Gasteiger partial charge on any atom is -0.481 e. The summed E-state index contributed by atoms with van der Waals surface area (Å²) >= 11 is 5.70. The van der Waals surface area contributed by atoms with Crippen molar-refractivity contribution in [2.75, 3.05) is 78.5 Å². The number of benzene rings is 1. The first-order valence-corrected chi connectivity index (χ1v) is 24.0. The third-order valence-corrected chi connectivity index (χ3v) is 12.0. The monoisotopic (exact) mass is 1010 g/mol. The van der Waals surface area contributed by atoms with Crippen LogP contribution >= 0.6 is 12.2 Å². The van der Waals surface area contributed by atoms with Gasteiger partial charge in [-0.3, -0.25) is 48.4 Å². The Labute approximate surface area is 412 Å². The van der Waals surface area contributed by atoms with Gasteiger partial charge in [-0.05, 0) is 67.4 Å². The van der Waals surface area contributed by atoms with E-state index >= 15 is 0 Å². The number of unbranched alkanes of at least 4 members (excludes halogenated alkanes) is 6. The number of hydrogen-bond acceptors (Lipinski definition) is 14. The van der Waals surface area contributed by atoms with Gasteiger partial charge in [0.05, 0.1) is 26.2 Å². The average Bonchev–Trinajstić information content (AvgIpc) is 3.26. The number of hydrogen-bond donors (Lipinski definition) is 10. The van der Waals surface area contributed by atoms with Crippen LogP contribution in [-0.2, 0) is 51.2 Å². The number of nitrogens with one attached hydrogen (secondary N) is 3. The Morgan fingerprint density at radius 1 is 0.529 bits per heavy atom. The van der Waals surface area contributed by atoms with E-state index in [0.717, 1.165) is 54.5 Å². The smallest absolute Gasteiger partial charge is 0.326 e. The van der Waals surface area contributed by atoms with Gasteiger partial charge in [0.15, 0.2) is 0 Å². The molecule has 0 radical (unpaired) electrons. The van der Waals surface area contributed by atoms with Crippen molar-refractivity contribution in [3.05, 3.63) is 35.4 Å². The fraction of sp³-hybridized carbons (Fsp3) is 0.652. The number of urea groups is 1. The summed E-state index contributed by atoms with van der Waals surface area (Å²) in [4.78, 5) is 113. The molecule has 1 aromatic rings. The van der Waals surface area contributed by atoms with Gasteiger partial charge in [0.25, 0.3) is 0 Å². The largest absolute Gasteiger partial charge is 0.481 e. The van der Waals surface area contributed by atoms with E-state index in [4.69, 9.17) is 17.3 Å². The maximum Gasteiger partial charge on any atom is 0.326 e.